The maximum absolute atomic E-state index is 11.7. The number of hydrogen-bond donors (Lipinski definition) is 0. The van der Waals surface area contributed by atoms with Gasteiger partial charge in [-0.05, 0) is 49.1 Å². The standard InChI is InChI=1S/C26H28O6/c1-18(2)25(28)31-17-21(16-30-14-13-27)15-20-5-7-22(8-6-20)23-9-11-24(12-10-23)32-26(29)19(3)4/h5-13,21H,1,3,14-17H2,2,4H3. The molecule has 0 amide bonds. The molecule has 168 valence electrons. The number of benzene rings is 2. The van der Waals surface area contributed by atoms with Crippen molar-refractivity contribution in [2.75, 3.05) is 19.8 Å². The van der Waals surface area contributed by atoms with Gasteiger partial charge in [0.2, 0.25) is 0 Å². The zero-order valence-corrected chi connectivity index (χ0v) is 18.5. The van der Waals surface area contributed by atoms with Crippen LogP contribution in [0.5, 0.6) is 5.75 Å². The molecule has 0 aliphatic heterocycles. The van der Waals surface area contributed by atoms with Crippen LogP contribution in [0.4, 0.5) is 0 Å². The van der Waals surface area contributed by atoms with Crippen molar-refractivity contribution in [3.8, 4) is 16.9 Å². The van der Waals surface area contributed by atoms with Crippen LogP contribution in [0, 0.1) is 5.92 Å². The fourth-order valence-electron chi connectivity index (χ4n) is 2.84. The molecule has 0 aromatic heterocycles. The molecule has 1 atom stereocenters. The van der Waals surface area contributed by atoms with Crippen molar-refractivity contribution < 1.29 is 28.6 Å². The van der Waals surface area contributed by atoms with Crippen molar-refractivity contribution in [1.82, 2.24) is 0 Å². The molecule has 0 N–H and O–H groups in total. The minimum atomic E-state index is -0.456. The van der Waals surface area contributed by atoms with E-state index in [1.165, 1.54) is 0 Å². The van der Waals surface area contributed by atoms with Gasteiger partial charge in [0.25, 0.3) is 0 Å². The van der Waals surface area contributed by atoms with Gasteiger partial charge in [-0.15, -0.1) is 0 Å². The maximum atomic E-state index is 11.7. The van der Waals surface area contributed by atoms with Crippen LogP contribution in [0.3, 0.4) is 0 Å². The van der Waals surface area contributed by atoms with Gasteiger partial charge < -0.3 is 19.0 Å². The summed E-state index contributed by atoms with van der Waals surface area (Å²) >= 11 is 0. The highest BCUT2D eigenvalue weighted by molar-refractivity contribution is 5.88. The van der Waals surface area contributed by atoms with Crippen LogP contribution in [0.15, 0.2) is 72.8 Å². The first-order chi connectivity index (χ1) is 15.3. The van der Waals surface area contributed by atoms with E-state index in [4.69, 9.17) is 14.2 Å². The number of carbonyl (C=O) groups excluding carboxylic acids is 3. The Morgan fingerprint density at radius 3 is 1.97 bits per heavy atom. The second kappa shape index (κ2) is 12.4. The van der Waals surface area contributed by atoms with Crippen molar-refractivity contribution >= 4 is 18.2 Å². The average Bonchev–Trinajstić information content (AvgIpc) is 2.78. The molecule has 0 aliphatic rings. The first kappa shape index (κ1) is 24.8. The Balaban J connectivity index is 2.02. The topological polar surface area (TPSA) is 78.9 Å². The predicted octanol–water partition coefficient (Wildman–Crippen LogP) is 4.33. The summed E-state index contributed by atoms with van der Waals surface area (Å²) in [7, 11) is 0. The first-order valence-electron chi connectivity index (χ1n) is 10.2. The van der Waals surface area contributed by atoms with Gasteiger partial charge in [0.1, 0.15) is 18.6 Å². The highest BCUT2D eigenvalue weighted by Gasteiger charge is 2.14. The Hall–Kier alpha value is -3.51. The Kier molecular flexibility index (Phi) is 9.57. The molecule has 0 spiro atoms. The molecule has 0 bridgehead atoms. The Bertz CT molecular complexity index is 957. The Morgan fingerprint density at radius 2 is 1.44 bits per heavy atom. The van der Waals surface area contributed by atoms with Crippen LogP contribution in [0.25, 0.3) is 11.1 Å². The lowest BCUT2D eigenvalue weighted by molar-refractivity contribution is -0.141. The van der Waals surface area contributed by atoms with Gasteiger partial charge in [0.05, 0.1) is 13.2 Å². The smallest absolute Gasteiger partial charge is 0.338 e. The van der Waals surface area contributed by atoms with E-state index in [9.17, 15) is 14.4 Å². The lowest BCUT2D eigenvalue weighted by atomic mass is 9.98. The van der Waals surface area contributed by atoms with E-state index in [1.807, 2.05) is 36.4 Å². The molecule has 6 heteroatoms. The molecule has 1 unspecified atom stereocenters. The predicted molar refractivity (Wildman–Crippen MR) is 122 cm³/mol. The highest BCUT2D eigenvalue weighted by atomic mass is 16.5. The summed E-state index contributed by atoms with van der Waals surface area (Å²) in [4.78, 5) is 33.8. The number of aldehydes is 1. The monoisotopic (exact) mass is 436 g/mol. The van der Waals surface area contributed by atoms with E-state index < -0.39 is 11.9 Å². The fraction of sp³-hybridized carbons (Fsp3) is 0.269. The van der Waals surface area contributed by atoms with Crippen LogP contribution in [-0.4, -0.2) is 38.0 Å². The number of hydrogen-bond acceptors (Lipinski definition) is 6. The lowest BCUT2D eigenvalue weighted by Crippen LogP contribution is -2.22. The average molecular weight is 437 g/mol. The quantitative estimate of drug-likeness (QED) is 0.162. The molecular formula is C26H28O6. The fourth-order valence-corrected chi connectivity index (χ4v) is 2.84. The molecular weight excluding hydrogens is 408 g/mol. The minimum Gasteiger partial charge on any atom is -0.462 e. The summed E-state index contributed by atoms with van der Waals surface area (Å²) in [6.07, 6.45) is 1.31. The Labute approximate surface area is 188 Å². The normalized spacial score (nSPS) is 11.3. The third kappa shape index (κ3) is 7.96. The lowest BCUT2D eigenvalue weighted by Gasteiger charge is -2.17. The number of ether oxygens (including phenoxy) is 3. The molecule has 2 aromatic rings. The van der Waals surface area contributed by atoms with Gasteiger partial charge >= 0.3 is 11.9 Å². The van der Waals surface area contributed by atoms with Gasteiger partial charge in [0.15, 0.2) is 0 Å². The summed E-state index contributed by atoms with van der Waals surface area (Å²) in [6, 6.07) is 15.2. The molecule has 32 heavy (non-hydrogen) atoms. The zero-order valence-electron chi connectivity index (χ0n) is 18.5. The van der Waals surface area contributed by atoms with E-state index in [2.05, 4.69) is 13.2 Å². The molecule has 0 saturated heterocycles. The molecule has 6 nitrogen and oxygen atoms in total. The number of rotatable bonds is 12. The van der Waals surface area contributed by atoms with Crippen molar-refractivity contribution in [2.24, 2.45) is 5.92 Å². The van der Waals surface area contributed by atoms with Crippen molar-refractivity contribution in [2.45, 2.75) is 20.3 Å². The first-order valence-corrected chi connectivity index (χ1v) is 10.2. The van der Waals surface area contributed by atoms with Crippen LogP contribution >= 0.6 is 0 Å². The zero-order chi connectivity index (χ0) is 23.5. The second-order valence-electron chi connectivity index (χ2n) is 7.54. The van der Waals surface area contributed by atoms with E-state index in [0.29, 0.717) is 36.2 Å². The maximum Gasteiger partial charge on any atom is 0.338 e. The molecule has 2 aromatic carbocycles. The van der Waals surface area contributed by atoms with Gasteiger partial charge in [-0.25, -0.2) is 9.59 Å². The van der Waals surface area contributed by atoms with E-state index in [1.54, 1.807) is 26.0 Å². The summed E-state index contributed by atoms with van der Waals surface area (Å²) in [6.45, 7) is 10.8. The highest BCUT2D eigenvalue weighted by Crippen LogP contribution is 2.24. The third-order valence-electron chi connectivity index (χ3n) is 4.56. The summed E-state index contributed by atoms with van der Waals surface area (Å²) in [5, 5.41) is 0. The number of carbonyl (C=O) groups is 3. The van der Waals surface area contributed by atoms with E-state index in [-0.39, 0.29) is 19.1 Å². The summed E-state index contributed by atoms with van der Waals surface area (Å²) < 4.78 is 15.8. The number of esters is 2. The summed E-state index contributed by atoms with van der Waals surface area (Å²) in [5.41, 5.74) is 3.71. The van der Waals surface area contributed by atoms with Crippen molar-refractivity contribution in [1.29, 1.82) is 0 Å². The van der Waals surface area contributed by atoms with Gasteiger partial charge in [-0.3, -0.25) is 0 Å². The molecule has 0 fully saturated rings. The molecule has 0 heterocycles. The molecule has 0 saturated carbocycles. The molecule has 0 radical (unpaired) electrons. The van der Waals surface area contributed by atoms with Gasteiger partial charge in [-0.2, -0.15) is 0 Å². The van der Waals surface area contributed by atoms with Gasteiger partial charge in [-0.1, -0.05) is 49.6 Å². The van der Waals surface area contributed by atoms with Crippen LogP contribution in [0.2, 0.25) is 0 Å². The molecule has 2 rings (SSSR count). The minimum absolute atomic E-state index is 0.00153. The SMILES string of the molecule is C=C(C)C(=O)OCC(COCC=O)Cc1ccc(-c2ccc(OC(=O)C(=C)C)cc2)cc1. The van der Waals surface area contributed by atoms with Crippen LogP contribution in [-0.2, 0) is 30.3 Å². The van der Waals surface area contributed by atoms with Gasteiger partial charge in [0, 0.05) is 17.1 Å². The Morgan fingerprint density at radius 1 is 0.875 bits per heavy atom. The molecule has 0 aliphatic carbocycles. The van der Waals surface area contributed by atoms with E-state index in [0.717, 1.165) is 16.7 Å². The van der Waals surface area contributed by atoms with Crippen molar-refractivity contribution in [3.63, 3.8) is 0 Å². The largest absolute Gasteiger partial charge is 0.462 e. The summed E-state index contributed by atoms with van der Waals surface area (Å²) in [5.74, 6) is -0.534. The van der Waals surface area contributed by atoms with Crippen molar-refractivity contribution in [3.05, 3.63) is 78.4 Å². The second-order valence-corrected chi connectivity index (χ2v) is 7.54. The van der Waals surface area contributed by atoms with E-state index >= 15 is 0 Å². The van der Waals surface area contributed by atoms with Crippen LogP contribution in [0.1, 0.15) is 19.4 Å². The third-order valence-corrected chi connectivity index (χ3v) is 4.56. The van der Waals surface area contributed by atoms with Crippen LogP contribution < -0.4 is 4.74 Å².